The first kappa shape index (κ1) is 21.3. The van der Waals surface area contributed by atoms with Crippen molar-refractivity contribution in [2.24, 2.45) is 21.6 Å². The van der Waals surface area contributed by atoms with Gasteiger partial charge in [-0.1, -0.05) is 18.1 Å². The summed E-state index contributed by atoms with van der Waals surface area (Å²) in [4.78, 5) is 29.8. The number of allylic oxidation sites excluding steroid dienone is 4. The Labute approximate surface area is 192 Å². The summed E-state index contributed by atoms with van der Waals surface area (Å²) < 4.78 is 3.31. The summed E-state index contributed by atoms with van der Waals surface area (Å²) in [5.74, 6) is 7.54. The molecule has 9 nitrogen and oxygen atoms in total. The second-order valence-corrected chi connectivity index (χ2v) is 8.70. The molecule has 3 aliphatic rings. The van der Waals surface area contributed by atoms with Crippen LogP contribution < -0.4 is 16.2 Å². The third kappa shape index (κ3) is 4.02. The number of nitrogens with zero attached hydrogens (tertiary/aromatic N) is 7. The lowest BCUT2D eigenvalue weighted by Gasteiger charge is -2.31. The van der Waals surface area contributed by atoms with Crippen LogP contribution >= 0.6 is 0 Å². The van der Waals surface area contributed by atoms with Gasteiger partial charge in [0.2, 0.25) is 5.95 Å². The molecule has 4 heterocycles. The molecule has 170 valence electrons. The van der Waals surface area contributed by atoms with Crippen LogP contribution in [-0.2, 0) is 13.1 Å². The van der Waals surface area contributed by atoms with Crippen LogP contribution in [0, 0.1) is 17.8 Å². The first-order valence-electron chi connectivity index (χ1n) is 11.4. The molecule has 5 rings (SSSR count). The summed E-state index contributed by atoms with van der Waals surface area (Å²) in [6.45, 7) is 5.95. The minimum absolute atomic E-state index is 0.0947. The molecule has 0 amide bonds. The van der Waals surface area contributed by atoms with Gasteiger partial charge in [0.25, 0.3) is 5.56 Å². The predicted molar refractivity (Wildman–Crippen MR) is 131 cm³/mol. The van der Waals surface area contributed by atoms with Crippen molar-refractivity contribution in [1.82, 2.24) is 19.3 Å². The number of aliphatic imine (C=N–C) groups is 2. The van der Waals surface area contributed by atoms with Crippen LogP contribution in [0.1, 0.15) is 33.1 Å². The Hall–Kier alpha value is -3.51. The van der Waals surface area contributed by atoms with Crippen LogP contribution in [-0.4, -0.2) is 50.0 Å². The maximum atomic E-state index is 13.5. The first-order valence-corrected chi connectivity index (χ1v) is 11.4. The van der Waals surface area contributed by atoms with E-state index in [0.29, 0.717) is 30.0 Å². The lowest BCUT2D eigenvalue weighted by molar-refractivity contribution is 0.496. The van der Waals surface area contributed by atoms with E-state index in [4.69, 9.17) is 15.7 Å². The average molecular weight is 445 g/mol. The van der Waals surface area contributed by atoms with Crippen molar-refractivity contribution in [2.45, 2.75) is 52.2 Å². The van der Waals surface area contributed by atoms with Gasteiger partial charge in [-0.05, 0) is 39.2 Å². The van der Waals surface area contributed by atoms with Gasteiger partial charge in [-0.2, -0.15) is 5.10 Å². The third-order valence-electron chi connectivity index (χ3n) is 6.38. The Balaban J connectivity index is 1.55. The first-order chi connectivity index (χ1) is 16.0. The summed E-state index contributed by atoms with van der Waals surface area (Å²) in [7, 11) is 0. The van der Waals surface area contributed by atoms with Gasteiger partial charge < -0.3 is 10.6 Å². The molecule has 1 fully saturated rings. The molecule has 1 saturated heterocycles. The molecule has 2 aromatic rings. The molecule has 9 heteroatoms. The Morgan fingerprint density at radius 2 is 2.18 bits per heavy atom. The minimum Gasteiger partial charge on any atom is -0.341 e. The fourth-order valence-electron chi connectivity index (χ4n) is 4.71. The number of piperidine rings is 1. The zero-order chi connectivity index (χ0) is 22.9. The molecule has 0 radical (unpaired) electrons. The fraction of sp³-hybridized carbons (Fsp3) is 0.458. The van der Waals surface area contributed by atoms with Gasteiger partial charge in [0.05, 0.1) is 18.4 Å². The van der Waals surface area contributed by atoms with Gasteiger partial charge in [-0.15, -0.1) is 5.92 Å². The van der Waals surface area contributed by atoms with Crippen molar-refractivity contribution in [1.29, 1.82) is 0 Å². The molecule has 2 aliphatic heterocycles. The molecule has 2 atom stereocenters. The quantitative estimate of drug-likeness (QED) is 0.725. The van der Waals surface area contributed by atoms with Crippen molar-refractivity contribution in [3.05, 3.63) is 40.5 Å². The van der Waals surface area contributed by atoms with E-state index in [-0.39, 0.29) is 24.1 Å². The standard InChI is InChI=1S/C24H28N8O/c1-3-4-12-31-22-20(29-24(31)30-11-7-8-17(25)14-30)13-26-32(23(22)33)15-21-27-16(2)18-9-5-6-10-19(18)28-21/h5-6,10,13,17-18H,7-9,11-12,14-15,25H2,1-2H3/t17-,18?/m1/s1. The predicted octanol–water partition coefficient (Wildman–Crippen LogP) is 1.88. The average Bonchev–Trinajstić information content (AvgIpc) is 3.19. The van der Waals surface area contributed by atoms with Gasteiger partial charge in [0, 0.05) is 30.8 Å². The largest absolute Gasteiger partial charge is 0.341 e. The Morgan fingerprint density at radius 1 is 1.30 bits per heavy atom. The molecular formula is C24H28N8O. The zero-order valence-electron chi connectivity index (χ0n) is 19.0. The van der Waals surface area contributed by atoms with Crippen molar-refractivity contribution in [2.75, 3.05) is 18.0 Å². The normalized spacial score (nSPS) is 22.3. The lowest BCUT2D eigenvalue weighted by Crippen LogP contribution is -2.44. The molecule has 2 aromatic heterocycles. The van der Waals surface area contributed by atoms with E-state index < -0.39 is 0 Å². The number of rotatable bonds is 4. The van der Waals surface area contributed by atoms with Crippen LogP contribution in [0.2, 0.25) is 0 Å². The minimum atomic E-state index is -0.222. The van der Waals surface area contributed by atoms with E-state index in [2.05, 4.69) is 32.9 Å². The number of fused-ring (bicyclic) bond motifs is 2. The molecular weight excluding hydrogens is 416 g/mol. The molecule has 0 bridgehead atoms. The SMILES string of the molecule is CC#CCn1c(N2CCC[C@@H](N)C2)nc2cnn(CC3=NC4=CC=CCC4C(C)=N3)c(=O)c21. The number of amidine groups is 1. The molecule has 0 aromatic carbocycles. The molecule has 2 N–H and O–H groups in total. The van der Waals surface area contributed by atoms with Crippen molar-refractivity contribution >= 4 is 28.5 Å². The number of nitrogens with two attached hydrogens (primary N) is 1. The molecule has 1 unspecified atom stereocenters. The number of hydrogen-bond donors (Lipinski definition) is 1. The molecule has 1 aliphatic carbocycles. The summed E-state index contributed by atoms with van der Waals surface area (Å²) in [5, 5.41) is 4.39. The lowest BCUT2D eigenvalue weighted by atomic mass is 9.92. The van der Waals surface area contributed by atoms with Gasteiger partial charge in [-0.25, -0.2) is 19.7 Å². The second-order valence-electron chi connectivity index (χ2n) is 8.70. The van der Waals surface area contributed by atoms with Crippen molar-refractivity contribution in [3.8, 4) is 11.8 Å². The number of imidazole rings is 1. The van der Waals surface area contributed by atoms with Gasteiger partial charge >= 0.3 is 0 Å². The van der Waals surface area contributed by atoms with Crippen molar-refractivity contribution < 1.29 is 0 Å². The van der Waals surface area contributed by atoms with Crippen LogP contribution in [0.4, 0.5) is 5.95 Å². The smallest absolute Gasteiger partial charge is 0.293 e. The zero-order valence-corrected chi connectivity index (χ0v) is 19.0. The van der Waals surface area contributed by atoms with Gasteiger partial charge in [-0.3, -0.25) is 9.36 Å². The highest BCUT2D eigenvalue weighted by molar-refractivity contribution is 6.02. The highest BCUT2D eigenvalue weighted by Gasteiger charge is 2.26. The highest BCUT2D eigenvalue weighted by Crippen LogP contribution is 2.27. The van der Waals surface area contributed by atoms with E-state index >= 15 is 0 Å². The van der Waals surface area contributed by atoms with E-state index in [1.165, 1.54) is 4.68 Å². The van der Waals surface area contributed by atoms with E-state index in [1.807, 2.05) is 23.6 Å². The third-order valence-corrected chi connectivity index (χ3v) is 6.38. The number of aromatic nitrogens is 4. The maximum absolute atomic E-state index is 13.5. The van der Waals surface area contributed by atoms with Crippen LogP contribution in [0.25, 0.3) is 11.0 Å². The Bertz CT molecular complexity index is 1330. The van der Waals surface area contributed by atoms with Crippen LogP contribution in [0.3, 0.4) is 0 Å². The highest BCUT2D eigenvalue weighted by atomic mass is 16.1. The summed E-state index contributed by atoms with van der Waals surface area (Å²) in [5.41, 5.74) is 9.04. The van der Waals surface area contributed by atoms with E-state index in [9.17, 15) is 4.79 Å². The van der Waals surface area contributed by atoms with E-state index in [0.717, 1.165) is 43.2 Å². The second kappa shape index (κ2) is 8.79. The van der Waals surface area contributed by atoms with Gasteiger partial charge in [0.1, 0.15) is 23.4 Å². The van der Waals surface area contributed by atoms with E-state index in [1.54, 1.807) is 13.1 Å². The number of anilines is 1. The monoisotopic (exact) mass is 444 g/mol. The molecule has 0 saturated carbocycles. The fourth-order valence-corrected chi connectivity index (χ4v) is 4.71. The Morgan fingerprint density at radius 3 is 3.00 bits per heavy atom. The molecule has 0 spiro atoms. The summed E-state index contributed by atoms with van der Waals surface area (Å²) >= 11 is 0. The maximum Gasteiger partial charge on any atom is 0.293 e. The molecule has 33 heavy (non-hydrogen) atoms. The Kier molecular flexibility index (Phi) is 5.68. The topological polar surface area (TPSA) is 107 Å². The number of hydrogen-bond acceptors (Lipinski definition) is 7. The van der Waals surface area contributed by atoms with Crippen LogP contribution in [0.15, 0.2) is 44.9 Å². The summed E-state index contributed by atoms with van der Waals surface area (Å²) in [6.07, 6.45) is 10.7. The van der Waals surface area contributed by atoms with Crippen molar-refractivity contribution in [3.63, 3.8) is 0 Å². The van der Waals surface area contributed by atoms with Crippen LogP contribution in [0.5, 0.6) is 0 Å². The van der Waals surface area contributed by atoms with Gasteiger partial charge in [0.15, 0.2) is 0 Å². The summed E-state index contributed by atoms with van der Waals surface area (Å²) in [6, 6.07) is 0.0947.